The van der Waals surface area contributed by atoms with Crippen LogP contribution in [0.3, 0.4) is 0 Å². The summed E-state index contributed by atoms with van der Waals surface area (Å²) in [5.41, 5.74) is 4.20. The van der Waals surface area contributed by atoms with Gasteiger partial charge >= 0.3 is 0 Å². The number of rotatable bonds is 12. The lowest BCUT2D eigenvalue weighted by atomic mass is 9.95. The van der Waals surface area contributed by atoms with Gasteiger partial charge in [0.1, 0.15) is 12.6 Å². The van der Waals surface area contributed by atoms with E-state index in [4.69, 9.17) is 0 Å². The summed E-state index contributed by atoms with van der Waals surface area (Å²) in [6, 6.07) is 21.2. The minimum Gasteiger partial charge on any atom is -0.352 e. The third kappa shape index (κ3) is 8.05. The van der Waals surface area contributed by atoms with E-state index < -0.39 is 28.5 Å². The van der Waals surface area contributed by atoms with Crippen LogP contribution in [0, 0.1) is 13.8 Å². The molecule has 0 bridgehead atoms. The molecule has 1 unspecified atom stereocenters. The minimum absolute atomic E-state index is 0.0986. The predicted molar refractivity (Wildman–Crippen MR) is 172 cm³/mol. The number of hydrogen-bond acceptors (Lipinski definition) is 4. The van der Waals surface area contributed by atoms with Crippen molar-refractivity contribution in [1.29, 1.82) is 0 Å². The zero-order chi connectivity index (χ0) is 31.0. The summed E-state index contributed by atoms with van der Waals surface area (Å²) < 4.78 is 29.6. The first kappa shape index (κ1) is 32.3. The van der Waals surface area contributed by atoms with Crippen molar-refractivity contribution in [1.82, 2.24) is 10.2 Å². The van der Waals surface area contributed by atoms with Crippen LogP contribution in [-0.2, 0) is 32.6 Å². The molecule has 0 heterocycles. The van der Waals surface area contributed by atoms with Gasteiger partial charge in [0, 0.05) is 12.6 Å². The van der Waals surface area contributed by atoms with Gasteiger partial charge in [0.25, 0.3) is 10.0 Å². The van der Waals surface area contributed by atoms with Gasteiger partial charge in [-0.05, 0) is 68.9 Å². The highest BCUT2D eigenvalue weighted by atomic mass is 32.2. The number of aryl methyl sites for hydroxylation is 3. The molecule has 1 N–H and O–H groups in total. The number of amides is 2. The highest BCUT2D eigenvalue weighted by Crippen LogP contribution is 2.29. The van der Waals surface area contributed by atoms with Crippen LogP contribution in [0.1, 0.15) is 74.6 Å². The fourth-order valence-electron chi connectivity index (χ4n) is 5.76. The van der Waals surface area contributed by atoms with Crippen LogP contribution in [0.4, 0.5) is 5.69 Å². The summed E-state index contributed by atoms with van der Waals surface area (Å²) >= 11 is 0. The molecule has 0 spiro atoms. The first-order chi connectivity index (χ1) is 20.6. The summed E-state index contributed by atoms with van der Waals surface area (Å²) in [5, 5.41) is 3.20. The van der Waals surface area contributed by atoms with Crippen LogP contribution < -0.4 is 9.62 Å². The van der Waals surface area contributed by atoms with Crippen molar-refractivity contribution >= 4 is 27.5 Å². The molecule has 0 aromatic heterocycles. The first-order valence-corrected chi connectivity index (χ1v) is 16.9. The molecular weight excluding hydrogens is 558 g/mol. The molecule has 4 rings (SSSR count). The molecule has 1 fully saturated rings. The second-order valence-electron chi connectivity index (χ2n) is 11.6. The summed E-state index contributed by atoms with van der Waals surface area (Å²) in [4.78, 5) is 29.7. The van der Waals surface area contributed by atoms with E-state index in [9.17, 15) is 18.0 Å². The molecule has 1 aliphatic rings. The number of hydrogen-bond donors (Lipinski definition) is 1. The maximum absolute atomic E-state index is 14.4. The monoisotopic (exact) mass is 603 g/mol. The number of para-hydroxylation sites is 1. The molecule has 0 radical (unpaired) electrons. The quantitative estimate of drug-likeness (QED) is 0.263. The van der Waals surface area contributed by atoms with Gasteiger partial charge in [0.15, 0.2) is 0 Å². The van der Waals surface area contributed by atoms with E-state index in [0.717, 1.165) is 47.9 Å². The van der Waals surface area contributed by atoms with Gasteiger partial charge in [-0.3, -0.25) is 13.9 Å². The number of carbonyl (C=O) groups is 2. The Labute approximate surface area is 257 Å². The molecule has 3 aromatic rings. The van der Waals surface area contributed by atoms with Crippen molar-refractivity contribution in [2.45, 2.75) is 96.2 Å². The van der Waals surface area contributed by atoms with Crippen molar-refractivity contribution in [3.05, 3.63) is 95.1 Å². The van der Waals surface area contributed by atoms with Crippen LogP contribution in [0.5, 0.6) is 0 Å². The molecule has 0 aliphatic heterocycles. The van der Waals surface area contributed by atoms with Gasteiger partial charge in [-0.15, -0.1) is 0 Å². The van der Waals surface area contributed by atoms with Gasteiger partial charge in [0.05, 0.1) is 10.6 Å². The van der Waals surface area contributed by atoms with Crippen LogP contribution in [0.15, 0.2) is 77.7 Å². The van der Waals surface area contributed by atoms with E-state index >= 15 is 0 Å². The second-order valence-corrected chi connectivity index (χ2v) is 13.4. The molecule has 7 nitrogen and oxygen atoms in total. The number of benzene rings is 3. The van der Waals surface area contributed by atoms with Gasteiger partial charge in [0.2, 0.25) is 11.8 Å². The lowest BCUT2D eigenvalue weighted by Crippen LogP contribution is -2.54. The van der Waals surface area contributed by atoms with Crippen molar-refractivity contribution in [2.24, 2.45) is 0 Å². The van der Waals surface area contributed by atoms with Crippen LogP contribution in [0.2, 0.25) is 0 Å². The Balaban J connectivity index is 1.73. The Kier molecular flexibility index (Phi) is 11.0. The van der Waals surface area contributed by atoms with Crippen LogP contribution >= 0.6 is 0 Å². The highest BCUT2D eigenvalue weighted by molar-refractivity contribution is 7.92. The zero-order valence-electron chi connectivity index (χ0n) is 25.9. The average molecular weight is 604 g/mol. The topological polar surface area (TPSA) is 86.8 Å². The van der Waals surface area contributed by atoms with E-state index in [1.807, 2.05) is 64.1 Å². The average Bonchev–Trinajstić information content (AvgIpc) is 3.01. The van der Waals surface area contributed by atoms with E-state index in [1.165, 1.54) is 10.7 Å². The number of carbonyl (C=O) groups excluding carboxylic acids is 2. The fourth-order valence-corrected chi connectivity index (χ4v) is 7.21. The number of anilines is 1. The summed E-state index contributed by atoms with van der Waals surface area (Å²) in [7, 11) is -4.10. The second kappa shape index (κ2) is 14.7. The van der Waals surface area contributed by atoms with Crippen LogP contribution in [0.25, 0.3) is 0 Å². The van der Waals surface area contributed by atoms with Crippen molar-refractivity contribution in [2.75, 3.05) is 10.8 Å². The van der Waals surface area contributed by atoms with Gasteiger partial charge in [-0.1, -0.05) is 98.8 Å². The van der Waals surface area contributed by atoms with E-state index in [-0.39, 0.29) is 23.4 Å². The third-order valence-electron chi connectivity index (χ3n) is 8.34. The lowest BCUT2D eigenvalue weighted by Gasteiger charge is -2.35. The number of nitrogens with zero attached hydrogens (tertiary/aromatic N) is 2. The first-order valence-electron chi connectivity index (χ1n) is 15.5. The molecule has 1 saturated carbocycles. The Bertz CT molecular complexity index is 1480. The van der Waals surface area contributed by atoms with E-state index in [2.05, 4.69) is 5.32 Å². The maximum Gasteiger partial charge on any atom is 0.264 e. The molecular formula is C35H45N3O4S. The molecule has 43 heavy (non-hydrogen) atoms. The smallest absolute Gasteiger partial charge is 0.264 e. The van der Waals surface area contributed by atoms with Gasteiger partial charge in [-0.2, -0.15) is 0 Å². The van der Waals surface area contributed by atoms with Gasteiger partial charge in [-0.25, -0.2) is 8.42 Å². The molecule has 1 aliphatic carbocycles. The summed E-state index contributed by atoms with van der Waals surface area (Å²) in [5.74, 6) is -0.607. The zero-order valence-corrected chi connectivity index (χ0v) is 26.7. The summed E-state index contributed by atoms with van der Waals surface area (Å²) in [6.45, 7) is 7.53. The molecule has 8 heteroatoms. The SMILES string of the molecule is CCc1ccccc1N(CC(=O)N(Cc1ccc(C)cc1)C(CC)C(=O)NC1CCCCC1)S(=O)(=O)c1ccc(C)cc1. The molecule has 230 valence electrons. The Morgan fingerprint density at radius 2 is 1.47 bits per heavy atom. The minimum atomic E-state index is -4.10. The number of sulfonamides is 1. The Hall–Kier alpha value is -3.65. The fraction of sp³-hybridized carbons (Fsp3) is 0.429. The van der Waals surface area contributed by atoms with Crippen molar-refractivity contribution < 1.29 is 18.0 Å². The normalized spacial score (nSPS) is 14.6. The standard InChI is InChI=1S/C35H45N3O4S/c1-5-29-12-10-11-15-33(29)38(43(41,42)31-22-18-27(4)19-23-31)25-34(39)37(24-28-20-16-26(3)17-21-28)32(6-2)35(40)36-30-13-8-7-9-14-30/h10-12,15-23,30,32H,5-9,13-14,24-25H2,1-4H3,(H,36,40). The van der Waals surface area contributed by atoms with E-state index in [0.29, 0.717) is 18.5 Å². The maximum atomic E-state index is 14.4. The third-order valence-corrected chi connectivity index (χ3v) is 10.1. The lowest BCUT2D eigenvalue weighted by molar-refractivity contribution is -0.140. The molecule has 3 aromatic carbocycles. The largest absolute Gasteiger partial charge is 0.352 e. The summed E-state index contributed by atoms with van der Waals surface area (Å²) in [6.07, 6.45) is 6.21. The van der Waals surface area contributed by atoms with Crippen LogP contribution in [-0.4, -0.2) is 43.8 Å². The molecule has 2 amide bonds. The number of nitrogens with one attached hydrogen (secondary N) is 1. The molecule has 0 saturated heterocycles. The van der Waals surface area contributed by atoms with Gasteiger partial charge < -0.3 is 10.2 Å². The van der Waals surface area contributed by atoms with Crippen molar-refractivity contribution in [3.8, 4) is 0 Å². The Morgan fingerprint density at radius 3 is 2.07 bits per heavy atom. The highest BCUT2D eigenvalue weighted by Gasteiger charge is 2.35. The molecule has 1 atom stereocenters. The Morgan fingerprint density at radius 1 is 0.860 bits per heavy atom. The predicted octanol–water partition coefficient (Wildman–Crippen LogP) is 6.32. The van der Waals surface area contributed by atoms with Crippen molar-refractivity contribution in [3.63, 3.8) is 0 Å². The van der Waals surface area contributed by atoms with E-state index in [1.54, 1.807) is 41.3 Å².